The lowest BCUT2D eigenvalue weighted by Crippen LogP contribution is -2.39. The maximum absolute atomic E-state index is 12.4. The van der Waals surface area contributed by atoms with Crippen LogP contribution in [0.3, 0.4) is 0 Å². The summed E-state index contributed by atoms with van der Waals surface area (Å²) < 4.78 is 0. The molecule has 0 aliphatic heterocycles. The first-order valence-electron chi connectivity index (χ1n) is 7.68. The number of nitrogens with one attached hydrogen (secondary N) is 1. The first-order valence-corrected chi connectivity index (χ1v) is 7.68. The highest BCUT2D eigenvalue weighted by Crippen LogP contribution is 2.22. The van der Waals surface area contributed by atoms with Gasteiger partial charge < -0.3 is 10.2 Å². The smallest absolute Gasteiger partial charge is 0.266 e. The molecule has 0 spiro atoms. The van der Waals surface area contributed by atoms with Gasteiger partial charge >= 0.3 is 0 Å². The quantitative estimate of drug-likeness (QED) is 0.685. The van der Waals surface area contributed by atoms with E-state index in [-0.39, 0.29) is 17.5 Å². The number of anilines is 1. The molecule has 5 heteroatoms. The number of nitriles is 1. The third kappa shape index (κ3) is 4.08. The number of hydrogen-bond acceptors (Lipinski definition) is 4. The molecule has 0 aromatic carbocycles. The average Bonchev–Trinajstić information content (AvgIpc) is 2.55. The van der Waals surface area contributed by atoms with Crippen LogP contribution >= 0.6 is 0 Å². The largest absolute Gasteiger partial charge is 0.345 e. The molecule has 0 bridgehead atoms. The fraction of sp³-hybridized carbons (Fsp3) is 0.471. The van der Waals surface area contributed by atoms with E-state index in [2.05, 4.69) is 10.3 Å². The van der Waals surface area contributed by atoms with Crippen LogP contribution in [0.15, 0.2) is 30.1 Å². The molecule has 1 aliphatic rings. The Morgan fingerprint density at radius 2 is 2.18 bits per heavy atom. The molecule has 116 valence electrons. The summed E-state index contributed by atoms with van der Waals surface area (Å²) in [5.74, 6) is 0.399. The van der Waals surface area contributed by atoms with E-state index in [1.807, 2.05) is 25.1 Å². The zero-order valence-corrected chi connectivity index (χ0v) is 13.2. The fourth-order valence-corrected chi connectivity index (χ4v) is 2.73. The maximum atomic E-state index is 12.4. The van der Waals surface area contributed by atoms with Gasteiger partial charge in [0.25, 0.3) is 5.91 Å². The van der Waals surface area contributed by atoms with Crippen LogP contribution in [0.25, 0.3) is 0 Å². The molecule has 1 saturated carbocycles. The number of likely N-dealkylation sites (N-methyl/N-ethyl adjacent to an activating group) is 1. The molecule has 5 nitrogen and oxygen atoms in total. The van der Waals surface area contributed by atoms with Crippen molar-refractivity contribution >= 4 is 11.7 Å². The molecule has 1 aromatic rings. The minimum absolute atomic E-state index is 0.108. The Kier molecular flexibility index (Phi) is 5.54. The van der Waals surface area contributed by atoms with Crippen molar-refractivity contribution in [1.82, 2.24) is 9.88 Å². The molecule has 1 aromatic heterocycles. The van der Waals surface area contributed by atoms with Gasteiger partial charge in [0.15, 0.2) is 0 Å². The fourth-order valence-electron chi connectivity index (χ4n) is 2.73. The van der Waals surface area contributed by atoms with E-state index in [9.17, 15) is 10.1 Å². The summed E-state index contributed by atoms with van der Waals surface area (Å²) >= 11 is 0. The standard InChI is InChI=1S/C17H22N4O/c1-13-8-9-19-16(10-13)20-12-14(11-18)17(22)21(2)15-6-4-3-5-7-15/h8-10,12,15H,3-7H2,1-2H3,(H,19,20)/b14-12-. The summed E-state index contributed by atoms with van der Waals surface area (Å²) in [4.78, 5) is 18.3. The normalized spacial score (nSPS) is 16.0. The van der Waals surface area contributed by atoms with Crippen molar-refractivity contribution in [3.05, 3.63) is 35.7 Å². The first-order chi connectivity index (χ1) is 10.6. The number of hydrogen-bond donors (Lipinski definition) is 1. The number of amides is 1. The van der Waals surface area contributed by atoms with Crippen molar-refractivity contribution in [3.8, 4) is 6.07 Å². The highest BCUT2D eigenvalue weighted by atomic mass is 16.2. The van der Waals surface area contributed by atoms with Crippen molar-refractivity contribution < 1.29 is 4.79 Å². The van der Waals surface area contributed by atoms with Crippen molar-refractivity contribution in [3.63, 3.8) is 0 Å². The number of aromatic nitrogens is 1. The van der Waals surface area contributed by atoms with Crippen LogP contribution in [0.5, 0.6) is 0 Å². The lowest BCUT2D eigenvalue weighted by Gasteiger charge is -2.31. The molecule has 0 unspecified atom stereocenters. The number of aryl methyl sites for hydroxylation is 1. The SMILES string of the molecule is Cc1ccnc(N/C=C(/C#N)C(=O)N(C)C2CCCCC2)c1. The molecular formula is C17H22N4O. The van der Waals surface area contributed by atoms with Crippen LogP contribution in [0.4, 0.5) is 5.82 Å². The Morgan fingerprint density at radius 3 is 2.82 bits per heavy atom. The van der Waals surface area contributed by atoms with Gasteiger partial charge in [-0.05, 0) is 37.5 Å². The highest BCUT2D eigenvalue weighted by molar-refractivity contribution is 5.97. The van der Waals surface area contributed by atoms with E-state index in [1.54, 1.807) is 18.1 Å². The molecule has 1 N–H and O–H groups in total. The van der Waals surface area contributed by atoms with Gasteiger partial charge in [0.05, 0.1) is 0 Å². The predicted octanol–water partition coefficient (Wildman–Crippen LogP) is 3.00. The first kappa shape index (κ1) is 16.0. The summed E-state index contributed by atoms with van der Waals surface area (Å²) in [5, 5.41) is 12.2. The molecule has 0 atom stereocenters. The van der Waals surface area contributed by atoms with E-state index in [0.717, 1.165) is 31.2 Å². The molecule has 1 heterocycles. The van der Waals surface area contributed by atoms with Gasteiger partial charge in [-0.25, -0.2) is 4.98 Å². The second-order valence-corrected chi connectivity index (χ2v) is 5.74. The second-order valence-electron chi connectivity index (χ2n) is 5.74. The van der Waals surface area contributed by atoms with Gasteiger partial charge in [0, 0.05) is 25.5 Å². The minimum Gasteiger partial charge on any atom is -0.345 e. The van der Waals surface area contributed by atoms with E-state index < -0.39 is 0 Å². The van der Waals surface area contributed by atoms with Crippen molar-refractivity contribution in [2.75, 3.05) is 12.4 Å². The van der Waals surface area contributed by atoms with Gasteiger partial charge in [-0.15, -0.1) is 0 Å². The molecule has 22 heavy (non-hydrogen) atoms. The Hall–Kier alpha value is -2.35. The van der Waals surface area contributed by atoms with Crippen LogP contribution in [0, 0.1) is 18.3 Å². The number of nitrogens with zero attached hydrogens (tertiary/aromatic N) is 3. The lowest BCUT2D eigenvalue weighted by atomic mass is 9.94. The number of carbonyl (C=O) groups excluding carboxylic acids is 1. The Bertz CT molecular complexity index is 597. The lowest BCUT2D eigenvalue weighted by molar-refractivity contribution is -0.128. The van der Waals surface area contributed by atoms with Crippen molar-refractivity contribution in [1.29, 1.82) is 5.26 Å². The van der Waals surface area contributed by atoms with Crippen molar-refractivity contribution in [2.45, 2.75) is 45.1 Å². The Balaban J connectivity index is 2.04. The van der Waals surface area contributed by atoms with Gasteiger partial charge in [0.1, 0.15) is 17.5 Å². The van der Waals surface area contributed by atoms with E-state index >= 15 is 0 Å². The van der Waals surface area contributed by atoms with Gasteiger partial charge in [-0.2, -0.15) is 5.26 Å². The predicted molar refractivity (Wildman–Crippen MR) is 85.9 cm³/mol. The molecular weight excluding hydrogens is 276 g/mol. The van der Waals surface area contributed by atoms with E-state index in [4.69, 9.17) is 0 Å². The third-order valence-corrected chi connectivity index (χ3v) is 4.07. The molecule has 1 aliphatic carbocycles. The molecule has 1 fully saturated rings. The van der Waals surface area contributed by atoms with Crippen LogP contribution < -0.4 is 5.32 Å². The summed E-state index contributed by atoms with van der Waals surface area (Å²) in [6, 6.07) is 5.98. The van der Waals surface area contributed by atoms with Crippen LogP contribution in [0.1, 0.15) is 37.7 Å². The van der Waals surface area contributed by atoms with Crippen LogP contribution in [-0.2, 0) is 4.79 Å². The number of rotatable bonds is 4. The Labute approximate surface area is 131 Å². The van der Waals surface area contributed by atoms with Crippen LogP contribution in [-0.4, -0.2) is 28.9 Å². The average molecular weight is 298 g/mol. The topological polar surface area (TPSA) is 69.0 Å². The zero-order valence-electron chi connectivity index (χ0n) is 13.2. The van der Waals surface area contributed by atoms with Gasteiger partial charge in [-0.1, -0.05) is 19.3 Å². The third-order valence-electron chi connectivity index (χ3n) is 4.07. The van der Waals surface area contributed by atoms with Crippen molar-refractivity contribution in [2.24, 2.45) is 0 Å². The highest BCUT2D eigenvalue weighted by Gasteiger charge is 2.24. The van der Waals surface area contributed by atoms with E-state index in [1.165, 1.54) is 12.6 Å². The summed E-state index contributed by atoms with van der Waals surface area (Å²) in [6.45, 7) is 1.96. The summed E-state index contributed by atoms with van der Waals surface area (Å²) in [7, 11) is 1.79. The van der Waals surface area contributed by atoms with Crippen LogP contribution in [0.2, 0.25) is 0 Å². The summed E-state index contributed by atoms with van der Waals surface area (Å²) in [6.07, 6.45) is 8.72. The Morgan fingerprint density at radius 1 is 1.45 bits per heavy atom. The molecule has 2 rings (SSSR count). The monoisotopic (exact) mass is 298 g/mol. The van der Waals surface area contributed by atoms with Gasteiger partial charge in [-0.3, -0.25) is 4.79 Å². The molecule has 0 radical (unpaired) electrons. The van der Waals surface area contributed by atoms with E-state index in [0.29, 0.717) is 5.82 Å². The zero-order chi connectivity index (χ0) is 15.9. The minimum atomic E-state index is -0.227. The summed E-state index contributed by atoms with van der Waals surface area (Å²) in [5.41, 5.74) is 1.17. The maximum Gasteiger partial charge on any atom is 0.266 e. The van der Waals surface area contributed by atoms with Gasteiger partial charge in [0.2, 0.25) is 0 Å². The number of pyridine rings is 1. The molecule has 1 amide bonds. The number of carbonyl (C=O) groups is 1. The second kappa shape index (κ2) is 7.60. The molecule has 0 saturated heterocycles.